The normalized spacial score (nSPS) is 18.9. The van der Waals surface area contributed by atoms with Gasteiger partial charge in [0, 0.05) is 5.75 Å². The molecule has 0 saturated carbocycles. The molecule has 3 aromatic rings. The van der Waals surface area contributed by atoms with Crippen LogP contribution in [0, 0.1) is 5.82 Å². The van der Waals surface area contributed by atoms with Crippen molar-refractivity contribution in [1.82, 2.24) is 10.2 Å². The van der Waals surface area contributed by atoms with Crippen molar-refractivity contribution in [3.63, 3.8) is 0 Å². The topological polar surface area (TPSA) is 49.4 Å². The molecule has 1 aliphatic rings. The lowest BCUT2D eigenvalue weighted by atomic mass is 10.1. The van der Waals surface area contributed by atoms with Gasteiger partial charge in [0.25, 0.3) is 5.91 Å². The van der Waals surface area contributed by atoms with Crippen molar-refractivity contribution in [2.75, 3.05) is 5.75 Å². The van der Waals surface area contributed by atoms with Gasteiger partial charge in [0.15, 0.2) is 0 Å². The summed E-state index contributed by atoms with van der Waals surface area (Å²) in [6, 6.07) is 21.5. The molecule has 164 valence electrons. The third-order valence-electron chi connectivity index (χ3n) is 5.46. The van der Waals surface area contributed by atoms with Crippen LogP contribution >= 0.6 is 23.4 Å². The Hall–Kier alpha value is -2.83. The van der Waals surface area contributed by atoms with Crippen molar-refractivity contribution in [3.8, 4) is 0 Å². The van der Waals surface area contributed by atoms with E-state index in [4.69, 9.17) is 11.6 Å². The predicted molar refractivity (Wildman–Crippen MR) is 126 cm³/mol. The van der Waals surface area contributed by atoms with Gasteiger partial charge in [-0.1, -0.05) is 66.2 Å². The molecular formula is C25H22ClFN2O2S. The molecule has 32 heavy (non-hydrogen) atoms. The van der Waals surface area contributed by atoms with Crippen LogP contribution in [0.2, 0.25) is 5.02 Å². The summed E-state index contributed by atoms with van der Waals surface area (Å²) in [5.41, 5.74) is 2.06. The number of nitrogens with zero attached hydrogens (tertiary/aromatic N) is 1. The number of carbonyl (C=O) groups excluding carboxylic acids is 2. The van der Waals surface area contributed by atoms with Crippen LogP contribution < -0.4 is 5.32 Å². The molecule has 3 aromatic carbocycles. The Morgan fingerprint density at radius 1 is 1.03 bits per heavy atom. The van der Waals surface area contributed by atoms with E-state index in [2.05, 4.69) is 5.32 Å². The number of hydrogen-bond donors (Lipinski definition) is 1. The summed E-state index contributed by atoms with van der Waals surface area (Å²) in [6.45, 7) is 1.91. The lowest BCUT2D eigenvalue weighted by Gasteiger charge is -2.30. The third-order valence-corrected chi connectivity index (χ3v) is 7.11. The van der Waals surface area contributed by atoms with E-state index in [1.54, 1.807) is 41.3 Å². The highest BCUT2D eigenvalue weighted by atomic mass is 35.5. The van der Waals surface area contributed by atoms with Crippen molar-refractivity contribution >= 4 is 35.2 Å². The fraction of sp³-hybridized carbons (Fsp3) is 0.200. The highest BCUT2D eigenvalue weighted by Gasteiger charge is 2.43. The number of hydrogen-bond acceptors (Lipinski definition) is 3. The van der Waals surface area contributed by atoms with Gasteiger partial charge < -0.3 is 10.2 Å². The van der Waals surface area contributed by atoms with Crippen LogP contribution in [0.3, 0.4) is 0 Å². The number of halogens is 2. The molecule has 0 radical (unpaired) electrons. The molecule has 1 fully saturated rings. The van der Waals surface area contributed by atoms with E-state index in [9.17, 15) is 14.0 Å². The number of rotatable bonds is 5. The molecule has 4 rings (SSSR count). The number of benzene rings is 3. The molecule has 4 nitrogen and oxygen atoms in total. The third kappa shape index (κ3) is 4.66. The zero-order chi connectivity index (χ0) is 22.7. The molecule has 1 saturated heterocycles. The van der Waals surface area contributed by atoms with Gasteiger partial charge in [0.1, 0.15) is 17.2 Å². The summed E-state index contributed by atoms with van der Waals surface area (Å²) in [7, 11) is 0. The number of amides is 2. The zero-order valence-electron chi connectivity index (χ0n) is 17.4. The minimum atomic E-state index is -0.690. The largest absolute Gasteiger partial charge is 0.348 e. The maximum Gasteiger partial charge on any atom is 0.257 e. The van der Waals surface area contributed by atoms with E-state index in [1.807, 2.05) is 37.3 Å². The lowest BCUT2D eigenvalue weighted by Crippen LogP contribution is -2.48. The van der Waals surface area contributed by atoms with Crippen molar-refractivity contribution < 1.29 is 14.0 Å². The van der Waals surface area contributed by atoms with Gasteiger partial charge >= 0.3 is 0 Å². The molecule has 7 heteroatoms. The maximum atomic E-state index is 13.6. The van der Waals surface area contributed by atoms with Gasteiger partial charge in [-0.25, -0.2) is 4.39 Å². The average molecular weight is 469 g/mol. The van der Waals surface area contributed by atoms with Crippen molar-refractivity contribution in [3.05, 3.63) is 106 Å². The highest BCUT2D eigenvalue weighted by molar-refractivity contribution is 7.99. The number of carbonyl (C=O) groups is 2. The molecule has 2 amide bonds. The van der Waals surface area contributed by atoms with Crippen LogP contribution in [0.1, 0.15) is 39.8 Å². The fourth-order valence-corrected chi connectivity index (χ4v) is 5.39. The Bertz CT molecular complexity index is 1110. The Balaban J connectivity index is 1.64. The molecule has 1 heterocycles. The molecule has 0 aliphatic carbocycles. The molecule has 0 bridgehead atoms. The predicted octanol–water partition coefficient (Wildman–Crippen LogP) is 5.61. The van der Waals surface area contributed by atoms with Crippen LogP contribution in [-0.2, 0) is 4.79 Å². The lowest BCUT2D eigenvalue weighted by molar-refractivity contribution is -0.125. The van der Waals surface area contributed by atoms with Gasteiger partial charge in [-0.15, -0.1) is 11.8 Å². The van der Waals surface area contributed by atoms with Gasteiger partial charge in [0.2, 0.25) is 5.91 Å². The molecular weight excluding hydrogens is 447 g/mol. The van der Waals surface area contributed by atoms with Crippen molar-refractivity contribution in [2.24, 2.45) is 0 Å². The second-order valence-corrected chi connectivity index (χ2v) is 9.11. The van der Waals surface area contributed by atoms with Crippen LogP contribution in [-0.4, -0.2) is 28.5 Å². The summed E-state index contributed by atoms with van der Waals surface area (Å²) >= 11 is 7.78. The van der Waals surface area contributed by atoms with E-state index < -0.39 is 11.4 Å². The van der Waals surface area contributed by atoms with Crippen LogP contribution in [0.4, 0.5) is 4.39 Å². The molecule has 0 aromatic heterocycles. The monoisotopic (exact) mass is 468 g/mol. The van der Waals surface area contributed by atoms with Crippen LogP contribution in [0.25, 0.3) is 0 Å². The molecule has 1 aliphatic heterocycles. The smallest absolute Gasteiger partial charge is 0.257 e. The average Bonchev–Trinajstić information content (AvgIpc) is 3.25. The molecule has 1 N–H and O–H groups in total. The van der Waals surface area contributed by atoms with E-state index in [-0.39, 0.29) is 23.7 Å². The minimum absolute atomic E-state index is 0.212. The second-order valence-electron chi connectivity index (χ2n) is 7.59. The first-order chi connectivity index (χ1) is 15.5. The molecule has 0 spiro atoms. The summed E-state index contributed by atoms with van der Waals surface area (Å²) in [6.07, 6.45) is 0. The summed E-state index contributed by atoms with van der Waals surface area (Å²) < 4.78 is 13.5. The fourth-order valence-electron chi connectivity index (χ4n) is 3.75. The standard InChI is InChI=1S/C25H22ClFN2O2S/c1-16(17-7-3-2-4-8-17)28-23(30)22-15-32-25(18-11-13-19(27)14-12-18)29(22)24(31)20-9-5-6-10-21(20)26/h2-14,16,22,25H,15H2,1H3,(H,28,30). The summed E-state index contributed by atoms with van der Waals surface area (Å²) in [5.74, 6) is -0.501. The Morgan fingerprint density at radius 2 is 1.69 bits per heavy atom. The summed E-state index contributed by atoms with van der Waals surface area (Å²) in [4.78, 5) is 28.4. The quantitative estimate of drug-likeness (QED) is 0.529. The van der Waals surface area contributed by atoms with E-state index in [1.165, 1.54) is 23.9 Å². The maximum absolute atomic E-state index is 13.6. The first-order valence-electron chi connectivity index (χ1n) is 10.3. The second kappa shape index (κ2) is 9.76. The van der Waals surface area contributed by atoms with E-state index in [0.717, 1.165) is 11.1 Å². The van der Waals surface area contributed by atoms with Gasteiger partial charge in [-0.2, -0.15) is 0 Å². The first-order valence-corrected chi connectivity index (χ1v) is 11.7. The van der Waals surface area contributed by atoms with Crippen molar-refractivity contribution in [1.29, 1.82) is 0 Å². The van der Waals surface area contributed by atoms with Crippen molar-refractivity contribution in [2.45, 2.75) is 24.4 Å². The Kier molecular flexibility index (Phi) is 6.82. The van der Waals surface area contributed by atoms with Gasteiger partial charge in [0.05, 0.1) is 16.6 Å². The minimum Gasteiger partial charge on any atom is -0.348 e. The Morgan fingerprint density at radius 3 is 2.38 bits per heavy atom. The van der Waals surface area contributed by atoms with Gasteiger partial charge in [-0.3, -0.25) is 9.59 Å². The summed E-state index contributed by atoms with van der Waals surface area (Å²) in [5, 5.41) is 2.93. The first kappa shape index (κ1) is 22.4. The van der Waals surface area contributed by atoms with Crippen LogP contribution in [0.15, 0.2) is 78.9 Å². The SMILES string of the molecule is CC(NC(=O)C1CSC(c2ccc(F)cc2)N1C(=O)c1ccccc1Cl)c1ccccc1. The Labute approximate surface area is 195 Å². The zero-order valence-corrected chi connectivity index (χ0v) is 18.9. The van der Waals surface area contributed by atoms with Crippen LogP contribution in [0.5, 0.6) is 0 Å². The highest BCUT2D eigenvalue weighted by Crippen LogP contribution is 2.43. The molecule has 3 atom stereocenters. The number of nitrogens with one attached hydrogen (secondary N) is 1. The van der Waals surface area contributed by atoms with E-state index >= 15 is 0 Å². The number of thioether (sulfide) groups is 1. The van der Waals surface area contributed by atoms with Gasteiger partial charge in [-0.05, 0) is 42.3 Å². The van der Waals surface area contributed by atoms with E-state index in [0.29, 0.717) is 16.3 Å². The molecule has 3 unspecified atom stereocenters.